The molecule has 1 atom stereocenters. The summed E-state index contributed by atoms with van der Waals surface area (Å²) in [5.74, 6) is 0.102. The van der Waals surface area contributed by atoms with Gasteiger partial charge in [-0.2, -0.15) is 0 Å². The van der Waals surface area contributed by atoms with Crippen LogP contribution in [0.5, 0.6) is 5.75 Å². The smallest absolute Gasteiger partial charge is 0.314 e. The molecule has 7 nitrogen and oxygen atoms in total. The molecular formula is C19H30N4O3. The summed E-state index contributed by atoms with van der Waals surface area (Å²) in [6.45, 7) is 6.25. The third-order valence-electron chi connectivity index (χ3n) is 5.45. The fourth-order valence-electron chi connectivity index (χ4n) is 3.42. The van der Waals surface area contributed by atoms with Crippen molar-refractivity contribution in [2.45, 2.75) is 18.9 Å². The maximum absolute atomic E-state index is 12.1. The van der Waals surface area contributed by atoms with Crippen LogP contribution in [-0.2, 0) is 0 Å². The van der Waals surface area contributed by atoms with Crippen molar-refractivity contribution in [3.05, 3.63) is 29.8 Å². The van der Waals surface area contributed by atoms with Gasteiger partial charge in [-0.15, -0.1) is 0 Å². The Bertz CT molecular complexity index is 613. The first-order valence-electron chi connectivity index (χ1n) is 9.35. The molecule has 4 N–H and O–H groups in total. The molecule has 1 aromatic carbocycles. The van der Waals surface area contributed by atoms with E-state index in [1.54, 1.807) is 18.2 Å². The van der Waals surface area contributed by atoms with Gasteiger partial charge in [0, 0.05) is 51.2 Å². The van der Waals surface area contributed by atoms with Crippen LogP contribution in [0.3, 0.4) is 0 Å². The van der Waals surface area contributed by atoms with E-state index in [-0.39, 0.29) is 23.7 Å². The standard InChI is InChI=1S/C19H30N4O3/c1-22-7-9-23(10-8-22)14-19(5-6-19)13-21-18(26)20-12-17(25)15-3-2-4-16(24)11-15/h2-4,11,17,24-25H,5-10,12-14H2,1H3,(H2,20,21,26). The van der Waals surface area contributed by atoms with Crippen molar-refractivity contribution >= 4 is 6.03 Å². The highest BCUT2D eigenvalue weighted by Gasteiger charge is 2.44. The van der Waals surface area contributed by atoms with Crippen molar-refractivity contribution in [1.29, 1.82) is 0 Å². The number of hydrogen-bond donors (Lipinski definition) is 4. The summed E-state index contributed by atoms with van der Waals surface area (Å²) in [6.07, 6.45) is 1.48. The van der Waals surface area contributed by atoms with Crippen LogP contribution in [-0.4, -0.2) is 78.9 Å². The second-order valence-corrected chi connectivity index (χ2v) is 7.75. The zero-order valence-corrected chi connectivity index (χ0v) is 15.4. The predicted octanol–water partition coefficient (Wildman–Crippen LogP) is 0.752. The van der Waals surface area contributed by atoms with Gasteiger partial charge < -0.3 is 30.6 Å². The molecule has 1 unspecified atom stereocenters. The SMILES string of the molecule is CN1CCN(CC2(CNC(=O)NCC(O)c3cccc(O)c3)CC2)CC1. The fraction of sp³-hybridized carbons (Fsp3) is 0.632. The summed E-state index contributed by atoms with van der Waals surface area (Å²) < 4.78 is 0. The molecule has 0 radical (unpaired) electrons. The van der Waals surface area contributed by atoms with Gasteiger partial charge in [-0.1, -0.05) is 12.1 Å². The number of rotatable bonds is 7. The molecule has 0 bridgehead atoms. The number of aliphatic hydroxyl groups is 1. The Hall–Kier alpha value is -1.83. The highest BCUT2D eigenvalue weighted by Crippen LogP contribution is 2.45. The highest BCUT2D eigenvalue weighted by atomic mass is 16.3. The van der Waals surface area contributed by atoms with E-state index in [2.05, 4.69) is 27.5 Å². The average Bonchev–Trinajstić information content (AvgIpc) is 3.40. The van der Waals surface area contributed by atoms with Gasteiger partial charge in [0.15, 0.2) is 0 Å². The quantitative estimate of drug-likeness (QED) is 0.575. The molecule has 1 saturated heterocycles. The van der Waals surface area contributed by atoms with Gasteiger partial charge in [0.05, 0.1) is 6.10 Å². The molecule has 1 aliphatic heterocycles. The largest absolute Gasteiger partial charge is 0.508 e. The number of aromatic hydroxyl groups is 1. The van der Waals surface area contributed by atoms with Gasteiger partial charge in [-0.25, -0.2) is 4.79 Å². The Morgan fingerprint density at radius 3 is 2.62 bits per heavy atom. The minimum absolute atomic E-state index is 0.102. The first-order chi connectivity index (χ1) is 12.5. The van der Waals surface area contributed by atoms with Crippen molar-refractivity contribution in [3.8, 4) is 5.75 Å². The van der Waals surface area contributed by atoms with Gasteiger partial charge >= 0.3 is 6.03 Å². The van der Waals surface area contributed by atoms with E-state index in [0.717, 1.165) is 45.6 Å². The number of phenolic OH excluding ortho intramolecular Hbond substituents is 1. The first-order valence-corrected chi connectivity index (χ1v) is 9.35. The third-order valence-corrected chi connectivity index (χ3v) is 5.45. The summed E-state index contributed by atoms with van der Waals surface area (Å²) in [4.78, 5) is 16.9. The lowest BCUT2D eigenvalue weighted by atomic mass is 10.1. The van der Waals surface area contributed by atoms with Crippen molar-refractivity contribution in [1.82, 2.24) is 20.4 Å². The lowest BCUT2D eigenvalue weighted by Gasteiger charge is -2.34. The van der Waals surface area contributed by atoms with Crippen LogP contribution in [0.15, 0.2) is 24.3 Å². The normalized spacial score (nSPS) is 21.2. The lowest BCUT2D eigenvalue weighted by Crippen LogP contribution is -2.48. The summed E-state index contributed by atoms with van der Waals surface area (Å²) in [5.41, 5.74) is 0.802. The topological polar surface area (TPSA) is 88.1 Å². The lowest BCUT2D eigenvalue weighted by molar-refractivity contribution is 0.129. The monoisotopic (exact) mass is 362 g/mol. The first kappa shape index (κ1) is 18.9. The molecule has 1 aliphatic carbocycles. The fourth-order valence-corrected chi connectivity index (χ4v) is 3.42. The molecule has 26 heavy (non-hydrogen) atoms. The molecule has 1 heterocycles. The molecule has 7 heteroatoms. The number of nitrogens with zero attached hydrogens (tertiary/aromatic N) is 2. The number of carbonyl (C=O) groups excluding carboxylic acids is 1. The Morgan fingerprint density at radius 1 is 1.23 bits per heavy atom. The van der Waals surface area contributed by atoms with Gasteiger partial charge in [-0.05, 0) is 37.6 Å². The molecule has 1 saturated carbocycles. The number of piperazine rings is 1. The Balaban J connectivity index is 1.37. The minimum Gasteiger partial charge on any atom is -0.508 e. The van der Waals surface area contributed by atoms with Crippen LogP contribution in [0.4, 0.5) is 4.79 Å². The van der Waals surface area contributed by atoms with E-state index in [1.807, 2.05) is 0 Å². The van der Waals surface area contributed by atoms with Crippen LogP contribution >= 0.6 is 0 Å². The number of urea groups is 1. The number of amides is 2. The molecule has 2 fully saturated rings. The second-order valence-electron chi connectivity index (χ2n) is 7.75. The second kappa shape index (κ2) is 8.24. The number of nitrogens with one attached hydrogen (secondary N) is 2. The third kappa shape index (κ3) is 5.33. The van der Waals surface area contributed by atoms with Gasteiger partial charge in [0.2, 0.25) is 0 Å². The van der Waals surface area contributed by atoms with Crippen molar-refractivity contribution < 1.29 is 15.0 Å². The summed E-state index contributed by atoms with van der Waals surface area (Å²) in [5, 5.41) is 25.2. The Morgan fingerprint density at radius 2 is 1.96 bits per heavy atom. The molecule has 0 spiro atoms. The maximum Gasteiger partial charge on any atom is 0.314 e. The van der Waals surface area contributed by atoms with Crippen molar-refractivity contribution in [3.63, 3.8) is 0 Å². The number of benzene rings is 1. The van der Waals surface area contributed by atoms with E-state index in [1.165, 1.54) is 6.07 Å². The molecule has 144 valence electrons. The summed E-state index contributed by atoms with van der Waals surface area (Å²) in [7, 11) is 2.15. The van der Waals surface area contributed by atoms with E-state index < -0.39 is 6.10 Å². The predicted molar refractivity (Wildman–Crippen MR) is 100 cm³/mol. The summed E-state index contributed by atoms with van der Waals surface area (Å²) >= 11 is 0. The van der Waals surface area contributed by atoms with Crippen LogP contribution in [0, 0.1) is 5.41 Å². The van der Waals surface area contributed by atoms with Crippen LogP contribution in [0.1, 0.15) is 24.5 Å². The molecule has 1 aromatic rings. The average molecular weight is 362 g/mol. The van der Waals surface area contributed by atoms with E-state index in [4.69, 9.17) is 0 Å². The number of hydrogen-bond acceptors (Lipinski definition) is 5. The number of likely N-dealkylation sites (N-methyl/N-ethyl adjacent to an activating group) is 1. The van der Waals surface area contributed by atoms with Crippen LogP contribution in [0.2, 0.25) is 0 Å². The van der Waals surface area contributed by atoms with E-state index >= 15 is 0 Å². The molecular weight excluding hydrogens is 332 g/mol. The van der Waals surface area contributed by atoms with E-state index in [9.17, 15) is 15.0 Å². The Kier molecular flexibility index (Phi) is 6.01. The number of phenols is 1. The zero-order chi connectivity index (χ0) is 18.6. The minimum atomic E-state index is -0.840. The number of aliphatic hydroxyl groups excluding tert-OH is 1. The summed E-state index contributed by atoms with van der Waals surface area (Å²) in [6, 6.07) is 6.18. The zero-order valence-electron chi connectivity index (χ0n) is 15.4. The van der Waals surface area contributed by atoms with E-state index in [0.29, 0.717) is 12.1 Å². The van der Waals surface area contributed by atoms with Gasteiger partial charge in [-0.3, -0.25) is 0 Å². The molecule has 2 aliphatic rings. The maximum atomic E-state index is 12.1. The van der Waals surface area contributed by atoms with Crippen LogP contribution < -0.4 is 10.6 Å². The number of carbonyl (C=O) groups is 1. The van der Waals surface area contributed by atoms with Crippen molar-refractivity contribution in [2.24, 2.45) is 5.41 Å². The Labute approximate surface area is 155 Å². The molecule has 3 rings (SSSR count). The van der Waals surface area contributed by atoms with Gasteiger partial charge in [0.25, 0.3) is 0 Å². The molecule has 0 aromatic heterocycles. The van der Waals surface area contributed by atoms with Crippen LogP contribution in [0.25, 0.3) is 0 Å². The van der Waals surface area contributed by atoms with Crippen molar-refractivity contribution in [2.75, 3.05) is 52.9 Å². The molecule has 2 amide bonds. The highest BCUT2D eigenvalue weighted by molar-refractivity contribution is 5.74. The van der Waals surface area contributed by atoms with Gasteiger partial charge in [0.1, 0.15) is 5.75 Å².